The van der Waals surface area contributed by atoms with Gasteiger partial charge in [0.05, 0.1) is 0 Å². The molecule has 1 heterocycles. The van der Waals surface area contributed by atoms with Gasteiger partial charge in [0.15, 0.2) is 0 Å². The van der Waals surface area contributed by atoms with Gasteiger partial charge in [0, 0.05) is 37.9 Å². The number of carbonyl (C=O) groups is 2. The van der Waals surface area contributed by atoms with Gasteiger partial charge >= 0.3 is 6.03 Å². The predicted octanol–water partition coefficient (Wildman–Crippen LogP) is 2.51. The fourth-order valence-electron chi connectivity index (χ4n) is 2.42. The summed E-state index contributed by atoms with van der Waals surface area (Å²) in [6.45, 7) is 6.42. The Bertz CT molecular complexity index is 537. The van der Waals surface area contributed by atoms with E-state index in [1.807, 2.05) is 38.1 Å². The summed E-state index contributed by atoms with van der Waals surface area (Å²) in [4.78, 5) is 23.5. The minimum absolute atomic E-state index is 0.00614. The smallest absolute Gasteiger partial charge is 0.315 e. The maximum atomic E-state index is 11.8. The van der Waals surface area contributed by atoms with Crippen molar-refractivity contribution in [2.45, 2.75) is 33.2 Å². The van der Waals surface area contributed by atoms with Crippen molar-refractivity contribution in [3.63, 3.8) is 0 Å². The second-order valence-electron chi connectivity index (χ2n) is 6.46. The van der Waals surface area contributed by atoms with Crippen molar-refractivity contribution >= 4 is 17.6 Å². The molecule has 0 aliphatic carbocycles. The largest absolute Gasteiger partial charge is 0.381 e. The van der Waals surface area contributed by atoms with Crippen molar-refractivity contribution < 1.29 is 14.3 Å². The molecule has 0 aromatic heterocycles. The lowest BCUT2D eigenvalue weighted by molar-refractivity contribution is -0.118. The van der Waals surface area contributed by atoms with Crippen LogP contribution in [0.2, 0.25) is 0 Å². The molecule has 1 aliphatic heterocycles. The Hall–Kier alpha value is -2.08. The zero-order valence-electron chi connectivity index (χ0n) is 14.4. The Morgan fingerprint density at radius 2 is 1.79 bits per heavy atom. The highest BCUT2D eigenvalue weighted by molar-refractivity contribution is 5.92. The van der Waals surface area contributed by atoms with Crippen LogP contribution in [0.5, 0.6) is 0 Å². The zero-order valence-corrected chi connectivity index (χ0v) is 14.4. The first-order chi connectivity index (χ1) is 11.5. The summed E-state index contributed by atoms with van der Waals surface area (Å²) in [5.41, 5.74) is 1.75. The molecule has 1 aromatic rings. The third kappa shape index (κ3) is 6.20. The number of nitrogens with one attached hydrogen (secondary N) is 3. The van der Waals surface area contributed by atoms with E-state index in [1.54, 1.807) is 0 Å². The molecule has 0 atom stereocenters. The van der Waals surface area contributed by atoms with E-state index in [2.05, 4.69) is 16.0 Å². The highest BCUT2D eigenvalue weighted by atomic mass is 16.5. The second kappa shape index (κ2) is 9.27. The monoisotopic (exact) mass is 333 g/mol. The summed E-state index contributed by atoms with van der Waals surface area (Å²) in [6.07, 6.45) is 2.01. The lowest BCUT2D eigenvalue weighted by Gasteiger charge is -2.22. The molecule has 1 fully saturated rings. The number of amides is 3. The van der Waals surface area contributed by atoms with E-state index in [0.29, 0.717) is 19.0 Å². The Labute approximate surface area is 143 Å². The molecule has 0 saturated carbocycles. The van der Waals surface area contributed by atoms with Crippen LogP contribution in [0, 0.1) is 11.8 Å². The van der Waals surface area contributed by atoms with Gasteiger partial charge in [-0.15, -0.1) is 0 Å². The van der Waals surface area contributed by atoms with Crippen LogP contribution in [0.4, 0.5) is 10.5 Å². The van der Waals surface area contributed by atoms with Gasteiger partial charge in [-0.25, -0.2) is 4.79 Å². The summed E-state index contributed by atoms with van der Waals surface area (Å²) < 4.78 is 5.30. The second-order valence-corrected chi connectivity index (χ2v) is 6.46. The number of rotatable bonds is 6. The van der Waals surface area contributed by atoms with Gasteiger partial charge in [0.2, 0.25) is 5.91 Å². The zero-order chi connectivity index (χ0) is 17.4. The van der Waals surface area contributed by atoms with Crippen LogP contribution >= 0.6 is 0 Å². The van der Waals surface area contributed by atoms with Gasteiger partial charge in [0.1, 0.15) is 0 Å². The Balaban J connectivity index is 1.69. The number of urea groups is 1. The van der Waals surface area contributed by atoms with Crippen molar-refractivity contribution in [1.82, 2.24) is 10.6 Å². The van der Waals surface area contributed by atoms with Gasteiger partial charge in [-0.2, -0.15) is 0 Å². The van der Waals surface area contributed by atoms with Gasteiger partial charge in [-0.1, -0.05) is 26.0 Å². The summed E-state index contributed by atoms with van der Waals surface area (Å²) >= 11 is 0. The Morgan fingerprint density at radius 1 is 1.12 bits per heavy atom. The fourth-order valence-corrected chi connectivity index (χ4v) is 2.42. The van der Waals surface area contributed by atoms with Crippen molar-refractivity contribution in [3.8, 4) is 0 Å². The molecule has 0 spiro atoms. The van der Waals surface area contributed by atoms with Crippen LogP contribution < -0.4 is 16.0 Å². The minimum Gasteiger partial charge on any atom is -0.381 e. The number of hydrogen-bond donors (Lipinski definition) is 3. The first kappa shape index (κ1) is 18.3. The highest BCUT2D eigenvalue weighted by Gasteiger charge is 2.14. The van der Waals surface area contributed by atoms with E-state index >= 15 is 0 Å². The van der Waals surface area contributed by atoms with Crippen LogP contribution in [0.3, 0.4) is 0 Å². The SMILES string of the molecule is CC(C)C(=O)Nc1ccc(CNC(=O)NCC2CCOCC2)cc1. The number of carbonyl (C=O) groups excluding carboxylic acids is 2. The summed E-state index contributed by atoms with van der Waals surface area (Å²) in [7, 11) is 0. The van der Waals surface area contributed by atoms with Crippen LogP contribution in [-0.4, -0.2) is 31.7 Å². The predicted molar refractivity (Wildman–Crippen MR) is 93.7 cm³/mol. The maximum absolute atomic E-state index is 11.8. The number of hydrogen-bond acceptors (Lipinski definition) is 3. The Morgan fingerprint density at radius 3 is 2.42 bits per heavy atom. The molecule has 0 unspecified atom stereocenters. The quantitative estimate of drug-likeness (QED) is 0.748. The normalized spacial score (nSPS) is 15.1. The first-order valence-electron chi connectivity index (χ1n) is 8.54. The summed E-state index contributed by atoms with van der Waals surface area (Å²) in [5, 5.41) is 8.60. The molecule has 6 heteroatoms. The molecular formula is C18H27N3O3. The molecule has 24 heavy (non-hydrogen) atoms. The average Bonchev–Trinajstić information content (AvgIpc) is 2.60. The minimum atomic E-state index is -0.154. The molecule has 0 radical (unpaired) electrons. The molecule has 2 rings (SSSR count). The molecular weight excluding hydrogens is 306 g/mol. The van der Waals surface area contributed by atoms with Gasteiger partial charge in [-0.05, 0) is 36.5 Å². The summed E-state index contributed by atoms with van der Waals surface area (Å²) in [6, 6.07) is 7.33. The van der Waals surface area contributed by atoms with Gasteiger partial charge < -0.3 is 20.7 Å². The highest BCUT2D eigenvalue weighted by Crippen LogP contribution is 2.13. The molecule has 1 aromatic carbocycles. The van der Waals surface area contributed by atoms with E-state index in [-0.39, 0.29) is 17.9 Å². The van der Waals surface area contributed by atoms with Gasteiger partial charge in [0.25, 0.3) is 0 Å². The van der Waals surface area contributed by atoms with E-state index in [1.165, 1.54) is 0 Å². The van der Waals surface area contributed by atoms with E-state index in [4.69, 9.17) is 4.74 Å². The first-order valence-corrected chi connectivity index (χ1v) is 8.54. The fraction of sp³-hybridized carbons (Fsp3) is 0.556. The van der Waals surface area contributed by atoms with E-state index < -0.39 is 0 Å². The molecule has 132 valence electrons. The van der Waals surface area contributed by atoms with Crippen LogP contribution in [0.1, 0.15) is 32.3 Å². The number of ether oxygens (including phenoxy) is 1. The van der Waals surface area contributed by atoms with Gasteiger partial charge in [-0.3, -0.25) is 4.79 Å². The maximum Gasteiger partial charge on any atom is 0.315 e. The average molecular weight is 333 g/mol. The number of anilines is 1. The van der Waals surface area contributed by atoms with Crippen molar-refractivity contribution in [3.05, 3.63) is 29.8 Å². The van der Waals surface area contributed by atoms with E-state index in [9.17, 15) is 9.59 Å². The van der Waals surface area contributed by atoms with Crippen molar-refractivity contribution in [2.75, 3.05) is 25.1 Å². The third-order valence-corrected chi connectivity index (χ3v) is 4.09. The lowest BCUT2D eigenvalue weighted by Crippen LogP contribution is -2.39. The van der Waals surface area contributed by atoms with Crippen LogP contribution in [0.15, 0.2) is 24.3 Å². The topological polar surface area (TPSA) is 79.5 Å². The van der Waals surface area contributed by atoms with Crippen LogP contribution in [-0.2, 0) is 16.1 Å². The van der Waals surface area contributed by atoms with Crippen molar-refractivity contribution in [2.24, 2.45) is 11.8 Å². The molecule has 6 nitrogen and oxygen atoms in total. The van der Waals surface area contributed by atoms with E-state index in [0.717, 1.165) is 37.3 Å². The molecule has 0 bridgehead atoms. The Kier molecular flexibility index (Phi) is 7.06. The lowest BCUT2D eigenvalue weighted by atomic mass is 10.0. The molecule has 3 amide bonds. The molecule has 1 aliphatic rings. The third-order valence-electron chi connectivity index (χ3n) is 4.09. The molecule has 3 N–H and O–H groups in total. The van der Waals surface area contributed by atoms with Crippen molar-refractivity contribution in [1.29, 1.82) is 0 Å². The number of benzene rings is 1. The standard InChI is InChI=1S/C18H27N3O3/c1-13(2)17(22)21-16-5-3-14(4-6-16)11-19-18(23)20-12-15-7-9-24-10-8-15/h3-6,13,15H,7-12H2,1-2H3,(H,21,22)(H2,19,20,23). The molecule has 1 saturated heterocycles. The van der Waals surface area contributed by atoms with Crippen LogP contribution in [0.25, 0.3) is 0 Å². The summed E-state index contributed by atoms with van der Waals surface area (Å²) in [5.74, 6) is 0.451.